The highest BCUT2D eigenvalue weighted by molar-refractivity contribution is 5.82. The Morgan fingerprint density at radius 3 is 2.27 bits per heavy atom. The zero-order chi connectivity index (χ0) is 23.4. The number of aliphatic hydroxyl groups excluding tert-OH is 1. The number of carbonyl (C=O) groups is 3. The van der Waals surface area contributed by atoms with Gasteiger partial charge in [-0.25, -0.2) is 9.59 Å². The summed E-state index contributed by atoms with van der Waals surface area (Å²) in [7, 11) is 0. The zero-order valence-electron chi connectivity index (χ0n) is 17.9. The van der Waals surface area contributed by atoms with Gasteiger partial charge in [0, 0.05) is 18.9 Å². The van der Waals surface area contributed by atoms with Crippen molar-refractivity contribution < 1.29 is 29.3 Å². The van der Waals surface area contributed by atoms with Gasteiger partial charge in [0.2, 0.25) is 5.91 Å². The van der Waals surface area contributed by atoms with Gasteiger partial charge < -0.3 is 25.6 Å². The number of hydrogen-bond donors (Lipinski definition) is 4. The van der Waals surface area contributed by atoms with Crippen LogP contribution in [-0.4, -0.2) is 53.5 Å². The molecule has 2 aromatic carbocycles. The van der Waals surface area contributed by atoms with E-state index in [1.165, 1.54) is 0 Å². The summed E-state index contributed by atoms with van der Waals surface area (Å²) in [5.74, 6) is -2.06. The highest BCUT2D eigenvalue weighted by Crippen LogP contribution is 2.44. The molecule has 172 valence electrons. The summed E-state index contributed by atoms with van der Waals surface area (Å²) in [4.78, 5) is 35.3. The van der Waals surface area contributed by atoms with Crippen molar-refractivity contribution >= 4 is 18.0 Å². The Bertz CT molecular complexity index is 1040. The molecule has 3 atom stereocenters. The molecule has 2 aliphatic rings. The van der Waals surface area contributed by atoms with Gasteiger partial charge in [0.1, 0.15) is 6.61 Å². The maximum atomic E-state index is 12.4. The Kier molecular flexibility index (Phi) is 6.74. The van der Waals surface area contributed by atoms with Crippen molar-refractivity contribution in [2.45, 2.75) is 30.9 Å². The number of ether oxygens (including phenoxy) is 1. The fraction of sp³-hybridized carbons (Fsp3) is 0.320. The second-order valence-electron chi connectivity index (χ2n) is 8.24. The zero-order valence-corrected chi connectivity index (χ0v) is 17.9. The summed E-state index contributed by atoms with van der Waals surface area (Å²) in [6.45, 7) is 0.271. The highest BCUT2D eigenvalue weighted by atomic mass is 16.5. The normalized spacial score (nSPS) is 19.4. The number of aliphatic hydroxyl groups is 1. The van der Waals surface area contributed by atoms with Crippen LogP contribution in [0.3, 0.4) is 0 Å². The van der Waals surface area contributed by atoms with Crippen molar-refractivity contribution in [3.63, 3.8) is 0 Å². The molecule has 4 N–H and O–H groups in total. The van der Waals surface area contributed by atoms with Crippen LogP contribution in [0.2, 0.25) is 0 Å². The topological polar surface area (TPSA) is 125 Å². The van der Waals surface area contributed by atoms with Crippen LogP contribution in [0.25, 0.3) is 11.1 Å². The summed E-state index contributed by atoms with van der Waals surface area (Å²) in [5, 5.41) is 23.3. The first kappa shape index (κ1) is 22.5. The maximum absolute atomic E-state index is 12.4. The fourth-order valence-electron chi connectivity index (χ4n) is 4.38. The predicted molar refractivity (Wildman–Crippen MR) is 121 cm³/mol. The van der Waals surface area contributed by atoms with E-state index in [2.05, 4.69) is 34.9 Å². The molecular weight excluding hydrogens is 424 g/mol. The van der Waals surface area contributed by atoms with E-state index >= 15 is 0 Å². The Hall–Kier alpha value is -3.65. The lowest BCUT2D eigenvalue weighted by Crippen LogP contribution is -2.37. The van der Waals surface area contributed by atoms with Gasteiger partial charge in [0.15, 0.2) is 6.10 Å². The molecule has 0 radical (unpaired) electrons. The van der Waals surface area contributed by atoms with E-state index in [-0.39, 0.29) is 37.4 Å². The van der Waals surface area contributed by atoms with Gasteiger partial charge >= 0.3 is 12.1 Å². The lowest BCUT2D eigenvalue weighted by Gasteiger charge is -2.17. The third kappa shape index (κ3) is 5.06. The van der Waals surface area contributed by atoms with Crippen LogP contribution >= 0.6 is 0 Å². The molecule has 0 saturated heterocycles. The number of carbonyl (C=O) groups excluding carboxylic acids is 2. The molecule has 2 amide bonds. The highest BCUT2D eigenvalue weighted by Gasteiger charge is 2.30. The maximum Gasteiger partial charge on any atom is 0.407 e. The van der Waals surface area contributed by atoms with Crippen LogP contribution < -0.4 is 10.6 Å². The lowest BCUT2D eigenvalue weighted by atomic mass is 9.98. The molecule has 4 rings (SSSR count). The SMILES string of the molecule is O=C(NC1C=CC(C(=O)NCCC(O)C(=O)O)C1)OCC1c2ccccc2-c2ccccc21. The molecule has 8 nitrogen and oxygen atoms in total. The first-order chi connectivity index (χ1) is 15.9. The predicted octanol–water partition coefficient (Wildman–Crippen LogP) is 2.42. The molecule has 2 aromatic rings. The number of alkyl carbamates (subject to hydrolysis) is 1. The molecule has 3 unspecified atom stereocenters. The smallest absolute Gasteiger partial charge is 0.407 e. The van der Waals surface area contributed by atoms with E-state index in [0.29, 0.717) is 6.42 Å². The van der Waals surface area contributed by atoms with Crippen LogP contribution in [0.1, 0.15) is 29.9 Å². The van der Waals surface area contributed by atoms with Crippen LogP contribution in [0.4, 0.5) is 4.79 Å². The van der Waals surface area contributed by atoms with Crippen LogP contribution in [-0.2, 0) is 14.3 Å². The molecule has 33 heavy (non-hydrogen) atoms. The second-order valence-corrected chi connectivity index (χ2v) is 8.24. The molecule has 0 bridgehead atoms. The molecule has 8 heteroatoms. The van der Waals surface area contributed by atoms with E-state index in [0.717, 1.165) is 22.3 Å². The number of benzene rings is 2. The molecule has 0 fully saturated rings. The van der Waals surface area contributed by atoms with Gasteiger partial charge in [-0.15, -0.1) is 0 Å². The number of nitrogens with one attached hydrogen (secondary N) is 2. The summed E-state index contributed by atoms with van der Waals surface area (Å²) in [6, 6.07) is 15.9. The number of fused-ring (bicyclic) bond motifs is 3. The number of carboxylic acids is 1. The van der Waals surface area contributed by atoms with E-state index in [1.807, 2.05) is 24.3 Å². The van der Waals surface area contributed by atoms with Crippen molar-refractivity contribution in [2.75, 3.05) is 13.2 Å². The number of aliphatic carboxylic acids is 1. The van der Waals surface area contributed by atoms with Crippen molar-refractivity contribution in [1.82, 2.24) is 10.6 Å². The van der Waals surface area contributed by atoms with Gasteiger partial charge in [0.25, 0.3) is 0 Å². The Morgan fingerprint density at radius 1 is 1.00 bits per heavy atom. The monoisotopic (exact) mass is 450 g/mol. The first-order valence-corrected chi connectivity index (χ1v) is 10.9. The van der Waals surface area contributed by atoms with Gasteiger partial charge in [-0.2, -0.15) is 0 Å². The number of hydrogen-bond acceptors (Lipinski definition) is 5. The third-order valence-electron chi connectivity index (χ3n) is 6.07. The average molecular weight is 450 g/mol. The Balaban J connectivity index is 1.25. The van der Waals surface area contributed by atoms with Crippen molar-refractivity contribution in [3.8, 4) is 11.1 Å². The minimum absolute atomic E-state index is 0.0260. The third-order valence-corrected chi connectivity index (χ3v) is 6.07. The van der Waals surface area contributed by atoms with E-state index < -0.39 is 24.1 Å². The molecule has 2 aliphatic carbocycles. The summed E-state index contributed by atoms with van der Waals surface area (Å²) in [5.41, 5.74) is 4.59. The number of rotatable bonds is 8. The quantitative estimate of drug-likeness (QED) is 0.458. The van der Waals surface area contributed by atoms with E-state index in [4.69, 9.17) is 9.84 Å². The van der Waals surface area contributed by atoms with Crippen LogP contribution in [0, 0.1) is 5.92 Å². The minimum atomic E-state index is -1.51. The minimum Gasteiger partial charge on any atom is -0.479 e. The van der Waals surface area contributed by atoms with E-state index in [9.17, 15) is 19.5 Å². The molecule has 0 aromatic heterocycles. The van der Waals surface area contributed by atoms with Gasteiger partial charge in [-0.1, -0.05) is 60.7 Å². The molecule has 0 heterocycles. The van der Waals surface area contributed by atoms with E-state index in [1.54, 1.807) is 12.2 Å². The number of amides is 2. The summed E-state index contributed by atoms with van der Waals surface area (Å²) >= 11 is 0. The lowest BCUT2D eigenvalue weighted by molar-refractivity contribution is -0.147. The summed E-state index contributed by atoms with van der Waals surface area (Å²) < 4.78 is 5.54. The number of carboxylic acid groups (broad SMARTS) is 1. The van der Waals surface area contributed by atoms with Crippen LogP contribution in [0.15, 0.2) is 60.7 Å². The Morgan fingerprint density at radius 2 is 1.64 bits per heavy atom. The molecule has 0 aliphatic heterocycles. The molecule has 0 saturated carbocycles. The van der Waals surface area contributed by atoms with Crippen LogP contribution in [0.5, 0.6) is 0 Å². The van der Waals surface area contributed by atoms with Gasteiger partial charge in [-0.05, 0) is 28.7 Å². The van der Waals surface area contributed by atoms with Crippen molar-refractivity contribution in [2.24, 2.45) is 5.92 Å². The van der Waals surface area contributed by atoms with Crippen molar-refractivity contribution in [3.05, 3.63) is 71.8 Å². The fourth-order valence-corrected chi connectivity index (χ4v) is 4.38. The summed E-state index contributed by atoms with van der Waals surface area (Å²) in [6.07, 6.45) is 1.72. The van der Waals surface area contributed by atoms with Crippen molar-refractivity contribution in [1.29, 1.82) is 0 Å². The van der Waals surface area contributed by atoms with Gasteiger partial charge in [0.05, 0.1) is 12.0 Å². The van der Waals surface area contributed by atoms with Gasteiger partial charge in [-0.3, -0.25) is 4.79 Å². The second kappa shape index (κ2) is 9.87. The Labute approximate surface area is 191 Å². The molecular formula is C25H26N2O6. The first-order valence-electron chi connectivity index (χ1n) is 10.9. The standard InChI is InChI=1S/C25H26N2O6/c28-22(24(30)31)11-12-26-23(29)15-9-10-16(13-15)27-25(32)33-14-21-19-7-3-1-5-17(19)18-6-2-4-8-20(18)21/h1-10,15-16,21-22,28H,11-14H2,(H,26,29)(H,27,32)(H,30,31). The average Bonchev–Trinajstić information content (AvgIpc) is 3.40. The largest absolute Gasteiger partial charge is 0.479 e. The molecule has 0 spiro atoms.